The van der Waals surface area contributed by atoms with Crippen LogP contribution in [0.25, 0.3) is 22.4 Å². The van der Waals surface area contributed by atoms with Crippen LogP contribution in [0.5, 0.6) is 0 Å². The number of halogens is 1. The lowest BCUT2D eigenvalue weighted by Gasteiger charge is -2.35. The average molecular weight is 397 g/mol. The van der Waals surface area contributed by atoms with Crippen molar-refractivity contribution >= 4 is 11.6 Å². The summed E-state index contributed by atoms with van der Waals surface area (Å²) in [5.74, 6) is 0.442. The first-order valence-electron chi connectivity index (χ1n) is 9.69. The van der Waals surface area contributed by atoms with Gasteiger partial charge in [-0.3, -0.25) is 15.0 Å². The topological polar surface area (TPSA) is 54.0 Å². The van der Waals surface area contributed by atoms with Gasteiger partial charge in [0.25, 0.3) is 0 Å². The number of aromatic amines is 1. The summed E-state index contributed by atoms with van der Waals surface area (Å²) in [5.41, 5.74) is 5.54. The van der Waals surface area contributed by atoms with E-state index in [4.69, 9.17) is 21.4 Å². The fourth-order valence-electron chi connectivity index (χ4n) is 3.98. The van der Waals surface area contributed by atoms with E-state index in [-0.39, 0.29) is 6.23 Å². The van der Waals surface area contributed by atoms with Crippen LogP contribution in [0.1, 0.15) is 31.4 Å². The molecule has 6 heteroatoms. The standard InChI is InChI=1S/C22H25ClN4O/c1-15(28-2)27-13-9-18(10-14-27)22-20(16-7-11-24-12-8-16)21(25-26-22)17-3-5-19(23)6-4-17/h3-8,11-12,15,18H,9-10,13-14H2,1-2H3,(H,25,26). The number of benzene rings is 1. The van der Waals surface area contributed by atoms with Crippen LogP contribution in [0, 0.1) is 0 Å². The Labute approximate surface area is 170 Å². The van der Waals surface area contributed by atoms with Gasteiger partial charge in [0.15, 0.2) is 0 Å². The highest BCUT2D eigenvalue weighted by molar-refractivity contribution is 6.30. The largest absolute Gasteiger partial charge is 0.367 e. The number of H-pyrrole nitrogens is 1. The highest BCUT2D eigenvalue weighted by Gasteiger charge is 2.28. The first-order valence-corrected chi connectivity index (χ1v) is 10.1. The molecule has 1 atom stereocenters. The Morgan fingerprint density at radius 2 is 1.75 bits per heavy atom. The van der Waals surface area contributed by atoms with Gasteiger partial charge in [0.1, 0.15) is 11.9 Å². The van der Waals surface area contributed by atoms with Gasteiger partial charge in [0.2, 0.25) is 0 Å². The number of hydrogen-bond acceptors (Lipinski definition) is 4. The second kappa shape index (κ2) is 8.43. The van der Waals surface area contributed by atoms with Gasteiger partial charge in [0, 0.05) is 60.4 Å². The van der Waals surface area contributed by atoms with Crippen molar-refractivity contribution in [3.8, 4) is 22.4 Å². The molecule has 3 heterocycles. The zero-order valence-corrected chi connectivity index (χ0v) is 17.0. The van der Waals surface area contributed by atoms with Gasteiger partial charge in [-0.1, -0.05) is 23.7 Å². The number of nitrogens with zero attached hydrogens (tertiary/aromatic N) is 3. The number of pyridine rings is 1. The Hall–Kier alpha value is -2.21. The first kappa shape index (κ1) is 19.1. The van der Waals surface area contributed by atoms with Crippen LogP contribution in [0.3, 0.4) is 0 Å². The van der Waals surface area contributed by atoms with Gasteiger partial charge >= 0.3 is 0 Å². The Bertz CT molecular complexity index is 902. The number of hydrogen-bond donors (Lipinski definition) is 1. The summed E-state index contributed by atoms with van der Waals surface area (Å²) in [7, 11) is 1.77. The molecule has 2 aromatic heterocycles. The van der Waals surface area contributed by atoms with E-state index >= 15 is 0 Å². The third-order valence-electron chi connectivity index (χ3n) is 5.67. The normalized spacial score (nSPS) is 17.0. The molecule has 1 N–H and O–H groups in total. The maximum Gasteiger partial charge on any atom is 0.107 e. The predicted molar refractivity (Wildman–Crippen MR) is 112 cm³/mol. The second-order valence-corrected chi connectivity index (χ2v) is 7.69. The summed E-state index contributed by atoms with van der Waals surface area (Å²) in [6.07, 6.45) is 5.98. The number of methoxy groups -OCH3 is 1. The Balaban J connectivity index is 1.69. The molecule has 1 saturated heterocycles. The number of nitrogens with one attached hydrogen (secondary N) is 1. The number of aromatic nitrogens is 3. The van der Waals surface area contributed by atoms with Gasteiger partial charge in [0.05, 0.1) is 0 Å². The summed E-state index contributed by atoms with van der Waals surface area (Å²) in [6, 6.07) is 12.0. The SMILES string of the molecule is COC(C)N1CCC(c2[nH]nc(-c3ccc(Cl)cc3)c2-c2ccncc2)CC1. The molecule has 146 valence electrons. The minimum Gasteiger partial charge on any atom is -0.367 e. The molecule has 0 amide bonds. The summed E-state index contributed by atoms with van der Waals surface area (Å²) < 4.78 is 5.48. The molecule has 1 aromatic carbocycles. The lowest BCUT2D eigenvalue weighted by atomic mass is 9.87. The number of rotatable bonds is 5. The lowest BCUT2D eigenvalue weighted by molar-refractivity contribution is -0.0306. The van der Waals surface area contributed by atoms with Crippen LogP contribution in [0.4, 0.5) is 0 Å². The molecule has 4 rings (SSSR count). The van der Waals surface area contributed by atoms with Gasteiger partial charge < -0.3 is 4.74 Å². The Kier molecular flexibility index (Phi) is 5.76. The van der Waals surface area contributed by atoms with Gasteiger partial charge in [-0.05, 0) is 49.6 Å². The predicted octanol–water partition coefficient (Wildman–Crippen LogP) is 4.96. The van der Waals surface area contributed by atoms with Crippen molar-refractivity contribution in [2.75, 3.05) is 20.2 Å². The number of ether oxygens (including phenoxy) is 1. The van der Waals surface area contributed by atoms with Crippen molar-refractivity contribution in [1.82, 2.24) is 20.1 Å². The van der Waals surface area contributed by atoms with Crippen LogP contribution < -0.4 is 0 Å². The highest BCUT2D eigenvalue weighted by atomic mass is 35.5. The average Bonchev–Trinajstić information content (AvgIpc) is 3.19. The molecule has 28 heavy (non-hydrogen) atoms. The van der Waals surface area contributed by atoms with Gasteiger partial charge in [-0.25, -0.2) is 0 Å². The lowest BCUT2D eigenvalue weighted by Crippen LogP contribution is -2.40. The van der Waals surface area contributed by atoms with Crippen LogP contribution in [0.15, 0.2) is 48.8 Å². The molecule has 1 aliphatic heterocycles. The zero-order chi connectivity index (χ0) is 19.5. The van der Waals surface area contributed by atoms with Gasteiger partial charge in [-0.2, -0.15) is 5.10 Å². The van der Waals surface area contributed by atoms with E-state index in [0.717, 1.165) is 47.8 Å². The fraction of sp³-hybridized carbons (Fsp3) is 0.364. The molecule has 1 aliphatic rings. The van der Waals surface area contributed by atoms with Crippen molar-refractivity contribution in [2.45, 2.75) is 31.9 Å². The van der Waals surface area contributed by atoms with Crippen molar-refractivity contribution in [2.24, 2.45) is 0 Å². The van der Waals surface area contributed by atoms with E-state index in [1.54, 1.807) is 7.11 Å². The van der Waals surface area contributed by atoms with Crippen molar-refractivity contribution in [3.63, 3.8) is 0 Å². The Morgan fingerprint density at radius 1 is 1.07 bits per heavy atom. The molecular weight excluding hydrogens is 372 g/mol. The molecule has 0 bridgehead atoms. The molecule has 3 aromatic rings. The smallest absolute Gasteiger partial charge is 0.107 e. The third kappa shape index (κ3) is 3.83. The van der Waals surface area contributed by atoms with E-state index in [2.05, 4.69) is 34.0 Å². The van der Waals surface area contributed by atoms with Gasteiger partial charge in [-0.15, -0.1) is 0 Å². The molecule has 5 nitrogen and oxygen atoms in total. The molecule has 1 unspecified atom stereocenters. The number of piperidine rings is 1. The number of likely N-dealkylation sites (tertiary alicyclic amines) is 1. The highest BCUT2D eigenvalue weighted by Crippen LogP contribution is 2.40. The molecule has 0 aliphatic carbocycles. The molecule has 0 spiro atoms. The van der Waals surface area contributed by atoms with Crippen molar-refractivity contribution in [3.05, 3.63) is 59.5 Å². The van der Waals surface area contributed by atoms with Crippen LogP contribution in [-0.2, 0) is 4.74 Å². The maximum absolute atomic E-state index is 6.08. The quantitative estimate of drug-likeness (QED) is 0.661. The van der Waals surface area contributed by atoms with Crippen molar-refractivity contribution in [1.29, 1.82) is 0 Å². The summed E-state index contributed by atoms with van der Waals surface area (Å²) in [4.78, 5) is 6.57. The maximum atomic E-state index is 6.08. The van der Waals surface area contributed by atoms with E-state index in [9.17, 15) is 0 Å². The summed E-state index contributed by atoms with van der Waals surface area (Å²) in [5, 5.41) is 8.80. The molecular formula is C22H25ClN4O. The van der Waals surface area contributed by atoms with Crippen LogP contribution in [-0.4, -0.2) is 46.5 Å². The van der Waals surface area contributed by atoms with E-state index in [1.807, 2.05) is 36.7 Å². The Morgan fingerprint density at radius 3 is 2.39 bits per heavy atom. The van der Waals surface area contributed by atoms with Crippen molar-refractivity contribution < 1.29 is 4.74 Å². The monoisotopic (exact) mass is 396 g/mol. The minimum atomic E-state index is 0.159. The second-order valence-electron chi connectivity index (χ2n) is 7.25. The molecule has 0 saturated carbocycles. The molecule has 1 fully saturated rings. The van der Waals surface area contributed by atoms with Crippen LogP contribution in [0.2, 0.25) is 5.02 Å². The van der Waals surface area contributed by atoms with Crippen LogP contribution >= 0.6 is 11.6 Å². The van der Waals surface area contributed by atoms with E-state index in [1.165, 1.54) is 11.3 Å². The van der Waals surface area contributed by atoms with E-state index < -0.39 is 0 Å². The van der Waals surface area contributed by atoms with E-state index in [0.29, 0.717) is 5.92 Å². The molecule has 0 radical (unpaired) electrons. The summed E-state index contributed by atoms with van der Waals surface area (Å²) >= 11 is 6.08. The fourth-order valence-corrected chi connectivity index (χ4v) is 4.11. The third-order valence-corrected chi connectivity index (χ3v) is 5.93. The first-order chi connectivity index (χ1) is 13.7. The zero-order valence-electron chi connectivity index (χ0n) is 16.2. The minimum absolute atomic E-state index is 0.159. The summed E-state index contributed by atoms with van der Waals surface area (Å²) in [6.45, 7) is 4.15.